The van der Waals surface area contributed by atoms with E-state index in [1.807, 2.05) is 18.2 Å². The molecule has 0 fully saturated rings. The number of carbonyl (C=O) groups excluding carboxylic acids is 1. The van der Waals surface area contributed by atoms with Gasteiger partial charge in [-0.3, -0.25) is 4.79 Å². The van der Waals surface area contributed by atoms with Crippen LogP contribution in [0.1, 0.15) is 11.1 Å². The van der Waals surface area contributed by atoms with Crippen molar-refractivity contribution in [2.75, 3.05) is 11.1 Å². The molecule has 0 bridgehead atoms. The molecule has 2 nitrogen and oxygen atoms in total. The van der Waals surface area contributed by atoms with Gasteiger partial charge in [-0.2, -0.15) is 12.6 Å². The Hall–Kier alpha value is -1.74. The van der Waals surface area contributed by atoms with Gasteiger partial charge in [0.05, 0.1) is 5.75 Å². The van der Waals surface area contributed by atoms with Crippen LogP contribution in [0.3, 0.4) is 0 Å². The number of hydrogen-bond acceptors (Lipinski definition) is 2. The molecular weight excluding hydrogens is 242 g/mol. The first-order chi connectivity index (χ1) is 8.78. The average Bonchev–Trinajstić information content (AvgIpc) is 2.77. The molecule has 18 heavy (non-hydrogen) atoms. The summed E-state index contributed by atoms with van der Waals surface area (Å²) in [7, 11) is 0. The van der Waals surface area contributed by atoms with Gasteiger partial charge in [-0.1, -0.05) is 30.3 Å². The zero-order valence-corrected chi connectivity index (χ0v) is 10.7. The molecule has 0 unspecified atom stereocenters. The van der Waals surface area contributed by atoms with E-state index in [4.69, 9.17) is 0 Å². The van der Waals surface area contributed by atoms with E-state index < -0.39 is 0 Å². The number of carbonyl (C=O) groups is 1. The fourth-order valence-electron chi connectivity index (χ4n) is 2.40. The third-order valence-corrected chi connectivity index (χ3v) is 3.51. The van der Waals surface area contributed by atoms with Crippen molar-refractivity contribution in [3.8, 4) is 11.1 Å². The molecule has 3 heteroatoms. The molecule has 2 aromatic carbocycles. The van der Waals surface area contributed by atoms with Crippen molar-refractivity contribution in [1.82, 2.24) is 0 Å². The van der Waals surface area contributed by atoms with E-state index in [0.29, 0.717) is 0 Å². The maximum absolute atomic E-state index is 11.3. The number of rotatable bonds is 2. The van der Waals surface area contributed by atoms with Gasteiger partial charge in [0, 0.05) is 5.69 Å². The van der Waals surface area contributed by atoms with Crippen molar-refractivity contribution < 1.29 is 4.79 Å². The molecule has 0 heterocycles. The van der Waals surface area contributed by atoms with Crippen LogP contribution in [0.4, 0.5) is 5.69 Å². The Labute approximate surface area is 111 Å². The topological polar surface area (TPSA) is 29.1 Å². The molecule has 1 aliphatic rings. The molecule has 0 aromatic heterocycles. The lowest BCUT2D eigenvalue weighted by Crippen LogP contribution is -2.12. The van der Waals surface area contributed by atoms with Crippen molar-refractivity contribution in [2.24, 2.45) is 0 Å². The van der Waals surface area contributed by atoms with Crippen LogP contribution >= 0.6 is 12.6 Å². The van der Waals surface area contributed by atoms with Gasteiger partial charge < -0.3 is 5.32 Å². The number of nitrogens with one attached hydrogen (secondary N) is 1. The maximum Gasteiger partial charge on any atom is 0.234 e. The van der Waals surface area contributed by atoms with E-state index in [0.717, 1.165) is 12.1 Å². The number of hydrogen-bond donors (Lipinski definition) is 2. The largest absolute Gasteiger partial charge is 0.325 e. The van der Waals surface area contributed by atoms with Gasteiger partial charge in [-0.25, -0.2) is 0 Å². The lowest BCUT2D eigenvalue weighted by molar-refractivity contribution is -0.113. The normalized spacial score (nSPS) is 11.8. The van der Waals surface area contributed by atoms with Crippen LogP contribution in [0, 0.1) is 0 Å². The fourth-order valence-corrected chi connectivity index (χ4v) is 2.48. The molecular formula is C15H13NOS. The number of anilines is 1. The van der Waals surface area contributed by atoms with E-state index >= 15 is 0 Å². The Bertz CT molecular complexity index is 622. The van der Waals surface area contributed by atoms with Crippen LogP contribution in [0.15, 0.2) is 42.5 Å². The molecule has 1 aliphatic carbocycles. The summed E-state index contributed by atoms with van der Waals surface area (Å²) in [6, 6.07) is 14.5. The highest BCUT2D eigenvalue weighted by atomic mass is 32.1. The molecule has 90 valence electrons. The number of amides is 1. The summed E-state index contributed by atoms with van der Waals surface area (Å²) in [5.41, 5.74) is 6.01. The second kappa shape index (κ2) is 4.50. The number of fused-ring (bicyclic) bond motifs is 3. The zero-order valence-electron chi connectivity index (χ0n) is 9.81. The van der Waals surface area contributed by atoms with Crippen LogP contribution in [-0.2, 0) is 11.2 Å². The predicted octanol–water partition coefficient (Wildman–Crippen LogP) is 3.13. The summed E-state index contributed by atoms with van der Waals surface area (Å²) in [4.78, 5) is 11.3. The molecule has 2 aromatic rings. The monoisotopic (exact) mass is 255 g/mol. The first kappa shape index (κ1) is 11.4. The van der Waals surface area contributed by atoms with Crippen molar-refractivity contribution in [2.45, 2.75) is 6.42 Å². The van der Waals surface area contributed by atoms with Gasteiger partial charge >= 0.3 is 0 Å². The molecule has 3 rings (SSSR count). The first-order valence-corrected chi connectivity index (χ1v) is 6.53. The van der Waals surface area contributed by atoms with Crippen LogP contribution in [0.5, 0.6) is 0 Å². The Morgan fingerprint density at radius 2 is 1.89 bits per heavy atom. The van der Waals surface area contributed by atoms with Crippen molar-refractivity contribution in [3.05, 3.63) is 53.6 Å². The van der Waals surface area contributed by atoms with Crippen molar-refractivity contribution in [1.29, 1.82) is 0 Å². The Balaban J connectivity index is 2.00. The molecule has 0 radical (unpaired) electrons. The molecule has 0 saturated carbocycles. The fraction of sp³-hybridized carbons (Fsp3) is 0.133. The number of thiol groups is 1. The lowest BCUT2D eigenvalue weighted by Gasteiger charge is -2.06. The predicted molar refractivity (Wildman–Crippen MR) is 77.2 cm³/mol. The second-order valence-corrected chi connectivity index (χ2v) is 4.73. The lowest BCUT2D eigenvalue weighted by atomic mass is 10.1. The highest BCUT2D eigenvalue weighted by Crippen LogP contribution is 2.37. The van der Waals surface area contributed by atoms with E-state index in [1.165, 1.54) is 22.3 Å². The van der Waals surface area contributed by atoms with Crippen LogP contribution < -0.4 is 5.32 Å². The maximum atomic E-state index is 11.3. The minimum absolute atomic E-state index is 0.0791. The van der Waals surface area contributed by atoms with Crippen LogP contribution in [-0.4, -0.2) is 11.7 Å². The first-order valence-electron chi connectivity index (χ1n) is 5.90. The van der Waals surface area contributed by atoms with Gasteiger partial charge in [-0.05, 0) is 40.8 Å². The molecule has 0 atom stereocenters. The zero-order chi connectivity index (χ0) is 12.5. The van der Waals surface area contributed by atoms with Gasteiger partial charge in [0.2, 0.25) is 5.91 Å². The summed E-state index contributed by atoms with van der Waals surface area (Å²) in [5, 5.41) is 2.84. The third kappa shape index (κ3) is 1.91. The molecule has 0 aliphatic heterocycles. The van der Waals surface area contributed by atoms with Crippen LogP contribution in [0.2, 0.25) is 0 Å². The van der Waals surface area contributed by atoms with Crippen molar-refractivity contribution >= 4 is 24.2 Å². The quantitative estimate of drug-likeness (QED) is 0.677. The van der Waals surface area contributed by atoms with E-state index in [-0.39, 0.29) is 11.7 Å². The smallest absolute Gasteiger partial charge is 0.234 e. The molecule has 1 amide bonds. The molecule has 0 saturated heterocycles. The Kier molecular flexibility index (Phi) is 2.84. The minimum Gasteiger partial charge on any atom is -0.325 e. The van der Waals surface area contributed by atoms with Crippen molar-refractivity contribution in [3.63, 3.8) is 0 Å². The van der Waals surface area contributed by atoms with Gasteiger partial charge in [0.15, 0.2) is 0 Å². The van der Waals surface area contributed by atoms with Gasteiger partial charge in [0.1, 0.15) is 0 Å². The van der Waals surface area contributed by atoms with E-state index in [9.17, 15) is 4.79 Å². The van der Waals surface area contributed by atoms with Crippen LogP contribution in [0.25, 0.3) is 11.1 Å². The average molecular weight is 255 g/mol. The number of benzene rings is 2. The van der Waals surface area contributed by atoms with E-state index in [1.54, 1.807) is 0 Å². The molecule has 0 spiro atoms. The van der Waals surface area contributed by atoms with Gasteiger partial charge in [0.25, 0.3) is 0 Å². The second-order valence-electron chi connectivity index (χ2n) is 4.41. The summed E-state index contributed by atoms with van der Waals surface area (Å²) in [5.74, 6) is 0.123. The third-order valence-electron chi connectivity index (χ3n) is 3.23. The Morgan fingerprint density at radius 3 is 2.72 bits per heavy atom. The highest BCUT2D eigenvalue weighted by Gasteiger charge is 2.17. The van der Waals surface area contributed by atoms with E-state index in [2.05, 4.69) is 42.2 Å². The standard InChI is InChI=1S/C15H13NOS/c17-15(9-18)16-12-6-5-11-7-10-3-1-2-4-13(10)14(11)8-12/h1-6,8,18H,7,9H2,(H,16,17). The molecule has 1 N–H and O–H groups in total. The summed E-state index contributed by atoms with van der Waals surface area (Å²) < 4.78 is 0. The highest BCUT2D eigenvalue weighted by molar-refractivity contribution is 7.81. The minimum atomic E-state index is -0.0791. The SMILES string of the molecule is O=C(CS)Nc1ccc2c(c1)-c1ccccc1C2. The Morgan fingerprint density at radius 1 is 1.11 bits per heavy atom. The summed E-state index contributed by atoms with van der Waals surface area (Å²) in [6.07, 6.45) is 0.978. The van der Waals surface area contributed by atoms with Gasteiger partial charge in [-0.15, -0.1) is 0 Å². The summed E-state index contributed by atoms with van der Waals surface area (Å²) >= 11 is 3.96. The summed E-state index contributed by atoms with van der Waals surface area (Å²) in [6.45, 7) is 0.